The molecule has 0 spiro atoms. The van der Waals surface area contributed by atoms with E-state index in [1.165, 1.54) is 29.0 Å². The van der Waals surface area contributed by atoms with Gasteiger partial charge in [-0.15, -0.1) is 0 Å². The Bertz CT molecular complexity index is 1070. The minimum Gasteiger partial charge on any atom is -0.383 e. The highest BCUT2D eigenvalue weighted by atomic mass is 32.1. The van der Waals surface area contributed by atoms with E-state index in [-0.39, 0.29) is 18.0 Å². The molecule has 0 aliphatic carbocycles. The van der Waals surface area contributed by atoms with Gasteiger partial charge in [-0.05, 0) is 23.6 Å². The highest BCUT2D eigenvalue weighted by Crippen LogP contribution is 2.23. The number of nitrogens with zero attached hydrogens (tertiary/aromatic N) is 3. The first-order valence-electron chi connectivity index (χ1n) is 8.94. The van der Waals surface area contributed by atoms with Gasteiger partial charge in [-0.2, -0.15) is 4.99 Å². The Morgan fingerprint density at radius 1 is 1.21 bits per heavy atom. The molecule has 0 saturated heterocycles. The maximum atomic E-state index is 12.5. The van der Waals surface area contributed by atoms with Crippen molar-refractivity contribution in [3.05, 3.63) is 68.5 Å². The number of nitro benzene ring substituents is 1. The predicted octanol–water partition coefficient (Wildman–Crippen LogP) is 3.49. The standard InChI is InChI=1S/C20H21N3O4S/c1-3-14-4-6-15(7-5-14)12-19(24)21-20-22(10-11-27-2)17-13-16(23(25)26)8-9-18(17)28-20/h4-9,13H,3,10-12H2,1-2H3. The van der Waals surface area contributed by atoms with Crippen LogP contribution in [0.3, 0.4) is 0 Å². The van der Waals surface area contributed by atoms with Crippen LogP contribution in [0.5, 0.6) is 0 Å². The van der Waals surface area contributed by atoms with E-state index in [1.54, 1.807) is 17.7 Å². The van der Waals surface area contributed by atoms with E-state index < -0.39 is 4.92 Å². The van der Waals surface area contributed by atoms with Crippen LogP contribution in [0.15, 0.2) is 47.5 Å². The summed E-state index contributed by atoms with van der Waals surface area (Å²) in [4.78, 5) is 28.0. The molecule has 1 amide bonds. The summed E-state index contributed by atoms with van der Waals surface area (Å²) in [7, 11) is 1.58. The molecule has 28 heavy (non-hydrogen) atoms. The fourth-order valence-corrected chi connectivity index (χ4v) is 3.92. The Hall–Kier alpha value is -2.84. The molecule has 0 radical (unpaired) electrons. The van der Waals surface area contributed by atoms with Crippen molar-refractivity contribution in [2.75, 3.05) is 13.7 Å². The molecule has 0 saturated carbocycles. The first kappa shape index (κ1) is 19.9. The fraction of sp³-hybridized carbons (Fsp3) is 0.300. The van der Waals surface area contributed by atoms with Crippen molar-refractivity contribution >= 4 is 33.1 Å². The number of hydrogen-bond donors (Lipinski definition) is 0. The van der Waals surface area contributed by atoms with Crippen LogP contribution >= 0.6 is 11.3 Å². The lowest BCUT2D eigenvalue weighted by Crippen LogP contribution is -2.19. The van der Waals surface area contributed by atoms with Gasteiger partial charge in [0.25, 0.3) is 11.6 Å². The summed E-state index contributed by atoms with van der Waals surface area (Å²) >= 11 is 1.34. The molecule has 2 aromatic carbocycles. The number of hydrogen-bond acceptors (Lipinski definition) is 5. The zero-order chi connectivity index (χ0) is 20.1. The van der Waals surface area contributed by atoms with E-state index in [2.05, 4.69) is 11.9 Å². The first-order valence-corrected chi connectivity index (χ1v) is 9.75. The lowest BCUT2D eigenvalue weighted by molar-refractivity contribution is -0.384. The van der Waals surface area contributed by atoms with Crippen LogP contribution < -0.4 is 4.80 Å². The maximum Gasteiger partial charge on any atom is 0.271 e. The minimum absolute atomic E-state index is 0.00496. The molecular formula is C20H21N3O4S. The summed E-state index contributed by atoms with van der Waals surface area (Å²) in [5.41, 5.74) is 2.81. The molecule has 8 heteroatoms. The first-order chi connectivity index (χ1) is 13.5. The Morgan fingerprint density at radius 3 is 2.57 bits per heavy atom. The van der Waals surface area contributed by atoms with Gasteiger partial charge >= 0.3 is 0 Å². The summed E-state index contributed by atoms with van der Waals surface area (Å²) in [5.74, 6) is -0.253. The molecule has 0 N–H and O–H groups in total. The second kappa shape index (κ2) is 8.90. The molecule has 7 nitrogen and oxygen atoms in total. The van der Waals surface area contributed by atoms with Crippen molar-refractivity contribution in [3.63, 3.8) is 0 Å². The number of carbonyl (C=O) groups excluding carboxylic acids is 1. The van der Waals surface area contributed by atoms with E-state index in [4.69, 9.17) is 4.74 Å². The van der Waals surface area contributed by atoms with E-state index in [9.17, 15) is 14.9 Å². The molecule has 0 aliphatic heterocycles. The van der Waals surface area contributed by atoms with E-state index >= 15 is 0 Å². The molecule has 0 aliphatic rings. The fourth-order valence-electron chi connectivity index (χ4n) is 2.87. The zero-order valence-corrected chi connectivity index (χ0v) is 16.6. The predicted molar refractivity (Wildman–Crippen MR) is 108 cm³/mol. The second-order valence-corrected chi connectivity index (χ2v) is 7.30. The molecule has 146 valence electrons. The molecule has 0 bridgehead atoms. The van der Waals surface area contributed by atoms with Gasteiger partial charge in [0.05, 0.1) is 28.2 Å². The van der Waals surface area contributed by atoms with Crippen LogP contribution in [0.1, 0.15) is 18.1 Å². The van der Waals surface area contributed by atoms with Crippen molar-refractivity contribution in [2.45, 2.75) is 26.3 Å². The summed E-state index contributed by atoms with van der Waals surface area (Å²) in [6, 6.07) is 12.6. The van der Waals surface area contributed by atoms with Gasteiger partial charge in [0.2, 0.25) is 0 Å². The number of thiazole rings is 1. The second-order valence-electron chi connectivity index (χ2n) is 6.29. The molecule has 0 unspecified atom stereocenters. The lowest BCUT2D eigenvalue weighted by Gasteiger charge is -2.04. The number of non-ortho nitro benzene ring substituents is 1. The van der Waals surface area contributed by atoms with Crippen LogP contribution in [0.4, 0.5) is 5.69 Å². The molecule has 1 heterocycles. The van der Waals surface area contributed by atoms with Crippen molar-refractivity contribution in [3.8, 4) is 0 Å². The number of benzene rings is 2. The van der Waals surface area contributed by atoms with Crippen LogP contribution in [-0.2, 0) is 28.9 Å². The number of methoxy groups -OCH3 is 1. The Kier molecular flexibility index (Phi) is 6.33. The van der Waals surface area contributed by atoms with Gasteiger partial charge in [0.15, 0.2) is 4.80 Å². The highest BCUT2D eigenvalue weighted by Gasteiger charge is 2.13. The van der Waals surface area contributed by atoms with E-state index in [1.807, 2.05) is 24.3 Å². The number of fused-ring (bicyclic) bond motifs is 1. The third-order valence-corrected chi connectivity index (χ3v) is 5.46. The summed E-state index contributed by atoms with van der Waals surface area (Å²) in [6.45, 7) is 2.95. The molecular weight excluding hydrogens is 378 g/mol. The summed E-state index contributed by atoms with van der Waals surface area (Å²) in [5, 5.41) is 11.1. The van der Waals surface area contributed by atoms with Crippen molar-refractivity contribution in [1.82, 2.24) is 4.57 Å². The van der Waals surface area contributed by atoms with E-state index in [0.717, 1.165) is 16.7 Å². The zero-order valence-electron chi connectivity index (χ0n) is 15.8. The van der Waals surface area contributed by atoms with Crippen LogP contribution in [0, 0.1) is 10.1 Å². The van der Waals surface area contributed by atoms with Gasteiger partial charge in [-0.3, -0.25) is 14.9 Å². The molecule has 0 atom stereocenters. The topological polar surface area (TPSA) is 86.7 Å². The molecule has 3 rings (SSSR count). The number of aromatic nitrogens is 1. The number of carbonyl (C=O) groups is 1. The number of amides is 1. The molecule has 1 aromatic heterocycles. The average Bonchev–Trinajstić information content (AvgIpc) is 3.02. The summed E-state index contributed by atoms with van der Waals surface area (Å²) in [6.07, 6.45) is 1.16. The van der Waals surface area contributed by atoms with Crippen LogP contribution in [-0.4, -0.2) is 29.1 Å². The Labute approximate surface area is 166 Å². The van der Waals surface area contributed by atoms with Crippen LogP contribution in [0.25, 0.3) is 10.2 Å². The Morgan fingerprint density at radius 2 is 1.93 bits per heavy atom. The third-order valence-electron chi connectivity index (χ3n) is 4.40. The molecule has 3 aromatic rings. The number of ether oxygens (including phenoxy) is 1. The number of rotatable bonds is 7. The monoisotopic (exact) mass is 399 g/mol. The van der Waals surface area contributed by atoms with Crippen LogP contribution in [0.2, 0.25) is 0 Å². The van der Waals surface area contributed by atoms with Gasteiger partial charge < -0.3 is 9.30 Å². The lowest BCUT2D eigenvalue weighted by atomic mass is 10.1. The quantitative estimate of drug-likeness (QED) is 0.449. The largest absolute Gasteiger partial charge is 0.383 e. The average molecular weight is 399 g/mol. The van der Waals surface area contributed by atoms with E-state index in [0.29, 0.717) is 23.5 Å². The maximum absolute atomic E-state index is 12.5. The number of aryl methyl sites for hydroxylation is 1. The normalized spacial score (nSPS) is 11.9. The van der Waals surface area contributed by atoms with Gasteiger partial charge in [0.1, 0.15) is 0 Å². The minimum atomic E-state index is -0.431. The van der Waals surface area contributed by atoms with Crippen molar-refractivity contribution in [2.24, 2.45) is 4.99 Å². The van der Waals surface area contributed by atoms with Gasteiger partial charge in [-0.1, -0.05) is 42.5 Å². The van der Waals surface area contributed by atoms with Crippen molar-refractivity contribution in [1.29, 1.82) is 0 Å². The molecule has 0 fully saturated rings. The van der Waals surface area contributed by atoms with Gasteiger partial charge in [-0.25, -0.2) is 0 Å². The van der Waals surface area contributed by atoms with Gasteiger partial charge in [0, 0.05) is 25.8 Å². The van der Waals surface area contributed by atoms with Crippen molar-refractivity contribution < 1.29 is 14.5 Å². The number of nitro groups is 1. The highest BCUT2D eigenvalue weighted by molar-refractivity contribution is 7.16. The summed E-state index contributed by atoms with van der Waals surface area (Å²) < 4.78 is 7.78. The smallest absolute Gasteiger partial charge is 0.271 e. The Balaban J connectivity index is 1.96. The SMILES string of the molecule is CCc1ccc(CC(=O)N=c2sc3ccc([N+](=O)[O-])cc3n2CCOC)cc1. The third kappa shape index (κ3) is 4.52.